The number of para-hydroxylation sites is 1. The van der Waals surface area contributed by atoms with Gasteiger partial charge in [0.25, 0.3) is 0 Å². The zero-order valence-electron chi connectivity index (χ0n) is 9.23. The summed E-state index contributed by atoms with van der Waals surface area (Å²) in [6, 6.07) is 6.47. The minimum atomic E-state index is -0.222. The summed E-state index contributed by atoms with van der Waals surface area (Å²) in [6.07, 6.45) is 1.45. The molecule has 0 saturated carbocycles. The van der Waals surface area contributed by atoms with E-state index in [9.17, 15) is 9.90 Å². The molecule has 0 heterocycles. The molecule has 0 aliphatic carbocycles. The smallest absolute Gasteiger partial charge is 0.191 e. The highest BCUT2D eigenvalue weighted by molar-refractivity contribution is 6.06. The Morgan fingerprint density at radius 2 is 2.19 bits per heavy atom. The van der Waals surface area contributed by atoms with Crippen molar-refractivity contribution in [2.24, 2.45) is 5.73 Å². The van der Waals surface area contributed by atoms with E-state index in [0.717, 1.165) is 5.70 Å². The fraction of sp³-hybridized carbons (Fsp3) is 0.250. The molecule has 0 bridgehead atoms. The van der Waals surface area contributed by atoms with Crippen LogP contribution in [0.2, 0.25) is 0 Å². The number of phenols is 1. The minimum absolute atomic E-state index is 0.00428. The number of hydrogen-bond acceptors (Lipinski definition) is 4. The first-order valence-electron chi connectivity index (χ1n) is 5.09. The highest BCUT2D eigenvalue weighted by atomic mass is 16.3. The van der Waals surface area contributed by atoms with Crippen LogP contribution in [0.5, 0.6) is 5.75 Å². The van der Waals surface area contributed by atoms with E-state index in [1.807, 2.05) is 0 Å². The Bertz CT molecular complexity index is 400. The van der Waals surface area contributed by atoms with Crippen molar-refractivity contribution in [1.82, 2.24) is 5.32 Å². The van der Waals surface area contributed by atoms with E-state index in [-0.39, 0.29) is 11.5 Å². The number of nitrogens with two attached hydrogens (primary N) is 1. The fourth-order valence-corrected chi connectivity index (χ4v) is 1.28. The molecule has 0 amide bonds. The van der Waals surface area contributed by atoms with E-state index in [2.05, 4.69) is 5.32 Å². The molecule has 0 aliphatic heterocycles. The highest BCUT2D eigenvalue weighted by Gasteiger charge is 2.07. The van der Waals surface area contributed by atoms with Gasteiger partial charge in [-0.3, -0.25) is 4.79 Å². The second-order valence-electron chi connectivity index (χ2n) is 3.42. The number of ketones is 1. The molecule has 4 N–H and O–H groups in total. The van der Waals surface area contributed by atoms with Gasteiger partial charge in [0.05, 0.1) is 5.56 Å². The lowest BCUT2D eigenvalue weighted by Gasteiger charge is -2.04. The van der Waals surface area contributed by atoms with Gasteiger partial charge in [-0.05, 0) is 19.1 Å². The summed E-state index contributed by atoms with van der Waals surface area (Å²) in [4.78, 5) is 11.7. The van der Waals surface area contributed by atoms with Crippen LogP contribution in [0.3, 0.4) is 0 Å². The minimum Gasteiger partial charge on any atom is -0.507 e. The van der Waals surface area contributed by atoms with Crippen molar-refractivity contribution in [2.45, 2.75) is 6.92 Å². The first-order chi connectivity index (χ1) is 7.65. The van der Waals surface area contributed by atoms with Crippen LogP contribution < -0.4 is 11.1 Å². The van der Waals surface area contributed by atoms with Crippen molar-refractivity contribution in [1.29, 1.82) is 0 Å². The molecule has 0 unspecified atom stereocenters. The van der Waals surface area contributed by atoms with Crippen LogP contribution in [0.15, 0.2) is 36.0 Å². The zero-order valence-corrected chi connectivity index (χ0v) is 9.23. The van der Waals surface area contributed by atoms with Crippen molar-refractivity contribution in [3.63, 3.8) is 0 Å². The summed E-state index contributed by atoms with van der Waals surface area (Å²) in [5.74, 6) is -0.226. The molecule has 0 fully saturated rings. The van der Waals surface area contributed by atoms with E-state index < -0.39 is 0 Å². The normalized spacial score (nSPS) is 11.2. The second kappa shape index (κ2) is 5.92. The number of carbonyl (C=O) groups is 1. The van der Waals surface area contributed by atoms with Crippen molar-refractivity contribution in [3.05, 3.63) is 41.6 Å². The molecule has 0 spiro atoms. The summed E-state index contributed by atoms with van der Waals surface area (Å²) in [7, 11) is 0. The number of rotatable bonds is 5. The number of benzene rings is 1. The third-order valence-corrected chi connectivity index (χ3v) is 2.07. The number of phenolic OH excluding ortho intramolecular Hbond substituents is 1. The summed E-state index contributed by atoms with van der Waals surface area (Å²) >= 11 is 0. The SMILES string of the molecule is C/C(=C\C(=O)c1ccccc1O)NCCN. The average Bonchev–Trinajstić information content (AvgIpc) is 2.26. The maximum absolute atomic E-state index is 11.7. The number of carbonyl (C=O) groups excluding carboxylic acids is 1. The van der Waals surface area contributed by atoms with Gasteiger partial charge in [0.15, 0.2) is 5.78 Å². The molecule has 4 heteroatoms. The molecule has 0 aliphatic rings. The van der Waals surface area contributed by atoms with Crippen molar-refractivity contribution < 1.29 is 9.90 Å². The van der Waals surface area contributed by atoms with Gasteiger partial charge in [-0.25, -0.2) is 0 Å². The molecule has 0 saturated heterocycles. The largest absolute Gasteiger partial charge is 0.507 e. The first-order valence-corrected chi connectivity index (χ1v) is 5.09. The lowest BCUT2D eigenvalue weighted by molar-refractivity contribution is 0.104. The number of nitrogens with one attached hydrogen (secondary N) is 1. The fourth-order valence-electron chi connectivity index (χ4n) is 1.28. The van der Waals surface area contributed by atoms with Crippen molar-refractivity contribution >= 4 is 5.78 Å². The Morgan fingerprint density at radius 3 is 2.81 bits per heavy atom. The Labute approximate surface area is 94.8 Å². The molecule has 4 nitrogen and oxygen atoms in total. The quantitative estimate of drug-likeness (QED) is 0.511. The van der Waals surface area contributed by atoms with Crippen LogP contribution >= 0.6 is 0 Å². The topological polar surface area (TPSA) is 75.3 Å². The predicted molar refractivity (Wildman–Crippen MR) is 63.3 cm³/mol. The van der Waals surface area contributed by atoms with Gasteiger partial charge in [0, 0.05) is 24.9 Å². The van der Waals surface area contributed by atoms with E-state index >= 15 is 0 Å². The molecule has 86 valence electrons. The molecule has 0 atom stereocenters. The Kier molecular flexibility index (Phi) is 4.54. The van der Waals surface area contributed by atoms with E-state index in [1.165, 1.54) is 12.1 Å². The molecule has 16 heavy (non-hydrogen) atoms. The molecular weight excluding hydrogens is 204 g/mol. The lowest BCUT2D eigenvalue weighted by atomic mass is 10.1. The third kappa shape index (κ3) is 3.40. The van der Waals surface area contributed by atoms with Crippen molar-refractivity contribution in [3.8, 4) is 5.75 Å². The van der Waals surface area contributed by atoms with Crippen molar-refractivity contribution in [2.75, 3.05) is 13.1 Å². The van der Waals surface area contributed by atoms with E-state index in [1.54, 1.807) is 25.1 Å². The average molecular weight is 220 g/mol. The zero-order chi connectivity index (χ0) is 12.0. The molecule has 1 rings (SSSR count). The van der Waals surface area contributed by atoms with Crippen LogP contribution in [-0.2, 0) is 0 Å². The van der Waals surface area contributed by atoms with Gasteiger partial charge in [-0.15, -0.1) is 0 Å². The van der Waals surface area contributed by atoms with Crippen LogP contribution in [0, 0.1) is 0 Å². The van der Waals surface area contributed by atoms with Crippen LogP contribution in [0.1, 0.15) is 17.3 Å². The molecule has 0 radical (unpaired) electrons. The predicted octanol–water partition coefficient (Wildman–Crippen LogP) is 1.03. The van der Waals surface area contributed by atoms with Gasteiger partial charge in [-0.1, -0.05) is 12.1 Å². The lowest BCUT2D eigenvalue weighted by Crippen LogP contribution is -2.21. The van der Waals surface area contributed by atoms with Gasteiger partial charge in [0.2, 0.25) is 0 Å². The standard InChI is InChI=1S/C12H16N2O2/c1-9(14-7-6-13)8-12(16)10-4-2-3-5-11(10)15/h2-5,8,14-15H,6-7,13H2,1H3/b9-8+. The van der Waals surface area contributed by atoms with Gasteiger partial charge < -0.3 is 16.2 Å². The molecular formula is C12H16N2O2. The van der Waals surface area contributed by atoms with E-state index in [4.69, 9.17) is 5.73 Å². The number of hydrogen-bond donors (Lipinski definition) is 3. The molecule has 0 aromatic heterocycles. The van der Waals surface area contributed by atoms with Crippen LogP contribution in [-0.4, -0.2) is 24.0 Å². The number of aromatic hydroxyl groups is 1. The summed E-state index contributed by atoms with van der Waals surface area (Å²) in [5, 5.41) is 12.5. The second-order valence-corrected chi connectivity index (χ2v) is 3.42. The van der Waals surface area contributed by atoms with Gasteiger partial charge >= 0.3 is 0 Å². The van der Waals surface area contributed by atoms with Gasteiger partial charge in [-0.2, -0.15) is 0 Å². The maximum atomic E-state index is 11.7. The Balaban J connectivity index is 2.76. The van der Waals surface area contributed by atoms with E-state index in [0.29, 0.717) is 18.7 Å². The maximum Gasteiger partial charge on any atom is 0.191 e. The third-order valence-electron chi connectivity index (χ3n) is 2.07. The summed E-state index contributed by atoms with van der Waals surface area (Å²) < 4.78 is 0. The first kappa shape index (κ1) is 12.3. The molecule has 1 aromatic rings. The van der Waals surface area contributed by atoms with Crippen LogP contribution in [0.25, 0.3) is 0 Å². The Hall–Kier alpha value is -1.81. The molecule has 1 aromatic carbocycles. The van der Waals surface area contributed by atoms with Gasteiger partial charge in [0.1, 0.15) is 5.75 Å². The summed E-state index contributed by atoms with van der Waals surface area (Å²) in [6.45, 7) is 2.92. The monoisotopic (exact) mass is 220 g/mol. The number of allylic oxidation sites excluding steroid dienone is 2. The highest BCUT2D eigenvalue weighted by Crippen LogP contribution is 2.16. The summed E-state index contributed by atoms with van der Waals surface area (Å²) in [5.41, 5.74) is 6.37. The van der Waals surface area contributed by atoms with Crippen LogP contribution in [0.4, 0.5) is 0 Å². The Morgan fingerprint density at radius 1 is 1.50 bits per heavy atom.